The first-order valence-corrected chi connectivity index (χ1v) is 34.5. The Kier molecular flexibility index (Phi) is 50.6. The lowest BCUT2D eigenvalue weighted by Gasteiger charge is -2.05. The molecule has 0 aromatic heterocycles. The number of rotatable bonds is 51. The Morgan fingerprint density at radius 2 is 0.616 bits per heavy atom. The lowest BCUT2D eigenvalue weighted by Crippen LogP contribution is -2.03. The fraction of sp³-hybridized carbons (Fsp3) is 0.588. The van der Waals surface area contributed by atoms with Gasteiger partial charge in [0, 0.05) is 38.5 Å². The van der Waals surface area contributed by atoms with E-state index < -0.39 is 0 Å². The molecule has 1 aliphatic carbocycles. The molecule has 1 saturated carbocycles. The predicted octanol–water partition coefficient (Wildman–Crippen LogP) is 22.6. The number of epoxide rings is 3. The van der Waals surface area contributed by atoms with Gasteiger partial charge in [-0.15, -0.1) is 0 Å². The van der Waals surface area contributed by atoms with Crippen LogP contribution in [-0.4, -0.2) is 54.0 Å². The van der Waals surface area contributed by atoms with Crippen LogP contribution >= 0.6 is 0 Å². The lowest BCUT2D eigenvalue weighted by molar-refractivity contribution is -0.120. The van der Waals surface area contributed by atoms with Crippen LogP contribution in [0.4, 0.5) is 0 Å². The first-order chi connectivity index (χ1) is 42.2. The summed E-state index contributed by atoms with van der Waals surface area (Å²) in [6.45, 7) is 12.9. The van der Waals surface area contributed by atoms with E-state index >= 15 is 0 Å². The summed E-state index contributed by atoms with van der Waals surface area (Å²) in [6.07, 6.45) is 101. The van der Waals surface area contributed by atoms with Crippen LogP contribution in [0, 0.1) is 11.8 Å². The zero-order valence-electron chi connectivity index (χ0n) is 55.2. The molecule has 4 fully saturated rings. The number of ether oxygens (including phenoxy) is 3. The van der Waals surface area contributed by atoms with Crippen LogP contribution in [0.1, 0.15) is 253 Å². The molecule has 86 heavy (non-hydrogen) atoms. The number of carbonyl (C=O) groups is 3. The van der Waals surface area contributed by atoms with Crippen LogP contribution in [0.3, 0.4) is 0 Å². The first-order valence-electron chi connectivity index (χ1n) is 34.5. The van der Waals surface area contributed by atoms with Crippen LogP contribution in [0.2, 0.25) is 0 Å². The third-order valence-corrected chi connectivity index (χ3v) is 15.2. The van der Waals surface area contributed by atoms with Crippen molar-refractivity contribution in [3.63, 3.8) is 0 Å². The molecular formula is C80H122O6. The summed E-state index contributed by atoms with van der Waals surface area (Å²) in [5, 5.41) is 0. The van der Waals surface area contributed by atoms with Gasteiger partial charge in [-0.2, -0.15) is 0 Å². The van der Waals surface area contributed by atoms with E-state index in [0.29, 0.717) is 79.2 Å². The van der Waals surface area contributed by atoms with E-state index in [-0.39, 0.29) is 0 Å². The topological polar surface area (TPSA) is 88.8 Å². The Hall–Kier alpha value is -5.01. The lowest BCUT2D eigenvalue weighted by atomic mass is 10.00. The molecule has 6 heteroatoms. The standard InChI is InChI=1S/2C27H42O2.C26H38O2/c1-4-6-7-8-9-10-11-15-18-21-26-27(29-26)22-19-16-13-12-14-17-20-25(28)23-24(3)5-2;1-3-5-7-8-9-10-11-15-19-23-26-27(29-26)24-20-16-13-12-14-18-22-25(28)21-17-6-4-2;1-2-3-4-5-6-7-8-12-15-18-25-26(28-25)19-16-13-10-9-11-14-17-24(27)22-23-20-21-23/h6-7,9-10,12,14-16,18-19,24,26-27H,4-5,8,11,13,17,20-23H2,1-3H3;5,7,9-10,12,14-16,19-20,26-27H,3-4,6,8,11,13,17-18,21-24H2,1-2H3;3-4,6-7,9,11-13,15-16,23,25-26H,2,5,8,10,14,17-22H2,1H3/b7-6-,10-9-,14-12-,18-15-,19-16-;7-5-,10-9-,14-12-,19-15-,20-16-;4-3-,7-6-,11-9-,15-12-,16-13-. The number of hydrogen-bond donors (Lipinski definition) is 0. The van der Waals surface area contributed by atoms with E-state index in [9.17, 15) is 14.4 Å². The van der Waals surface area contributed by atoms with E-state index in [1.54, 1.807) is 0 Å². The normalized spacial score (nSPS) is 21.0. The maximum absolute atomic E-state index is 11.8. The molecule has 4 aliphatic rings. The van der Waals surface area contributed by atoms with E-state index in [4.69, 9.17) is 14.2 Å². The number of ketones is 3. The number of allylic oxidation sites excluding steroid dienone is 24. The number of Topliss-reactive ketones (excluding diaryl/α,β-unsaturated/α-hetero) is 3. The van der Waals surface area contributed by atoms with Gasteiger partial charge in [-0.25, -0.2) is 0 Å². The molecule has 0 spiro atoms. The molecule has 0 radical (unpaired) electrons. The molecule has 0 amide bonds. The molecule has 4 rings (SSSR count). The van der Waals surface area contributed by atoms with Crippen LogP contribution < -0.4 is 0 Å². The average Bonchev–Trinajstić information content (AvgIpc) is 3.73. The van der Waals surface area contributed by atoms with Crippen molar-refractivity contribution in [2.45, 2.75) is 290 Å². The smallest absolute Gasteiger partial charge is 0.133 e. The summed E-state index contributed by atoms with van der Waals surface area (Å²) in [5.41, 5.74) is 0. The molecular weight excluding hydrogens is 1060 g/mol. The second kappa shape index (κ2) is 56.5. The van der Waals surface area contributed by atoms with Crippen LogP contribution in [-0.2, 0) is 28.6 Å². The summed E-state index contributed by atoms with van der Waals surface area (Å²) in [4.78, 5) is 35.1. The molecule has 0 bridgehead atoms. The summed E-state index contributed by atoms with van der Waals surface area (Å²) in [6, 6.07) is 0. The highest BCUT2D eigenvalue weighted by atomic mass is 16.6. The number of unbranched alkanes of at least 4 members (excludes halogenated alkanes) is 2. The van der Waals surface area contributed by atoms with Crippen LogP contribution in [0.5, 0.6) is 0 Å². The van der Waals surface area contributed by atoms with Crippen molar-refractivity contribution < 1.29 is 28.6 Å². The fourth-order valence-corrected chi connectivity index (χ4v) is 9.27. The van der Waals surface area contributed by atoms with E-state index in [0.717, 1.165) is 173 Å². The molecule has 478 valence electrons. The van der Waals surface area contributed by atoms with E-state index in [1.165, 1.54) is 25.7 Å². The van der Waals surface area contributed by atoms with Gasteiger partial charge in [-0.1, -0.05) is 243 Å². The molecule has 6 nitrogen and oxygen atoms in total. The molecule has 7 unspecified atom stereocenters. The van der Waals surface area contributed by atoms with Gasteiger partial charge >= 0.3 is 0 Å². The van der Waals surface area contributed by atoms with Gasteiger partial charge in [0.15, 0.2) is 0 Å². The van der Waals surface area contributed by atoms with Crippen molar-refractivity contribution in [3.05, 3.63) is 182 Å². The van der Waals surface area contributed by atoms with Crippen molar-refractivity contribution in [1.29, 1.82) is 0 Å². The molecule has 3 aliphatic heterocycles. The van der Waals surface area contributed by atoms with Crippen molar-refractivity contribution in [2.24, 2.45) is 11.8 Å². The minimum absolute atomic E-state index is 0.394. The van der Waals surface area contributed by atoms with Crippen LogP contribution in [0.15, 0.2) is 182 Å². The molecule has 0 aromatic carbocycles. The summed E-state index contributed by atoms with van der Waals surface area (Å²) >= 11 is 0. The highest BCUT2D eigenvalue weighted by Gasteiger charge is 2.37. The van der Waals surface area contributed by atoms with Gasteiger partial charge in [0.1, 0.15) is 17.3 Å². The largest absolute Gasteiger partial charge is 0.369 e. The molecule has 0 aromatic rings. The highest BCUT2D eigenvalue weighted by Crippen LogP contribution is 2.33. The molecule has 3 saturated heterocycles. The quantitative estimate of drug-likeness (QED) is 0.0343. The van der Waals surface area contributed by atoms with E-state index in [2.05, 4.69) is 224 Å². The van der Waals surface area contributed by atoms with Crippen molar-refractivity contribution >= 4 is 17.3 Å². The summed E-state index contributed by atoms with van der Waals surface area (Å²) < 4.78 is 17.1. The second-order valence-electron chi connectivity index (χ2n) is 23.5. The monoisotopic (exact) mass is 1180 g/mol. The van der Waals surface area contributed by atoms with Crippen molar-refractivity contribution in [2.75, 3.05) is 0 Å². The predicted molar refractivity (Wildman–Crippen MR) is 371 cm³/mol. The molecule has 7 atom stereocenters. The van der Waals surface area contributed by atoms with Crippen LogP contribution in [0.25, 0.3) is 0 Å². The SMILES string of the molecule is CC/C=C\C/C=C\C/C=C\CC1OC1C/C=C\C/C=C\CCC(=O)CC(C)CC.CC/C=C\C/C=C\C/C=C\CC1OC1C/C=C\C/C=C\CCC(=O)CC1CC1.CC/C=C\C/C=C\C/C=C\CC1OC1C/C=C\C/C=C\CCC(=O)CCCCC. The Labute approximate surface area is 527 Å². The second-order valence-corrected chi connectivity index (χ2v) is 23.5. The maximum atomic E-state index is 11.8. The third kappa shape index (κ3) is 51.1. The van der Waals surface area contributed by atoms with Gasteiger partial charge < -0.3 is 14.2 Å². The maximum Gasteiger partial charge on any atom is 0.133 e. The van der Waals surface area contributed by atoms with Crippen molar-refractivity contribution in [1.82, 2.24) is 0 Å². The summed E-state index contributed by atoms with van der Waals surface area (Å²) in [5.74, 6) is 2.48. The minimum Gasteiger partial charge on any atom is -0.369 e. The average molecular weight is 1180 g/mol. The number of hydrogen-bond acceptors (Lipinski definition) is 6. The number of carbonyl (C=O) groups excluding carboxylic acids is 3. The molecule has 0 N–H and O–H groups in total. The highest BCUT2D eigenvalue weighted by molar-refractivity contribution is 5.79. The first kappa shape index (κ1) is 77.1. The Morgan fingerprint density at radius 3 is 0.907 bits per heavy atom. The Balaban J connectivity index is 0.000000440. The third-order valence-electron chi connectivity index (χ3n) is 15.2. The minimum atomic E-state index is 0.394. The Morgan fingerprint density at radius 1 is 0.337 bits per heavy atom. The van der Waals surface area contributed by atoms with Gasteiger partial charge in [0.05, 0.1) is 36.6 Å². The van der Waals surface area contributed by atoms with Crippen molar-refractivity contribution in [3.8, 4) is 0 Å². The molecule has 3 heterocycles. The van der Waals surface area contributed by atoms with Gasteiger partial charge in [-0.3, -0.25) is 14.4 Å². The fourth-order valence-electron chi connectivity index (χ4n) is 9.27. The Bertz CT molecular complexity index is 2180. The summed E-state index contributed by atoms with van der Waals surface area (Å²) in [7, 11) is 0. The van der Waals surface area contributed by atoms with E-state index in [1.807, 2.05) is 0 Å². The van der Waals surface area contributed by atoms with Gasteiger partial charge in [0.2, 0.25) is 0 Å². The zero-order valence-corrected chi connectivity index (χ0v) is 55.2. The zero-order chi connectivity index (χ0) is 62.0. The van der Waals surface area contributed by atoms with Gasteiger partial charge in [0.25, 0.3) is 0 Å². The van der Waals surface area contributed by atoms with Gasteiger partial charge in [-0.05, 0) is 166 Å².